The van der Waals surface area contributed by atoms with Crippen LogP contribution in [0.1, 0.15) is 155 Å². The number of esters is 2. The zero-order valence-electron chi connectivity index (χ0n) is 35.8. The number of aliphatic hydroxyl groups excluding tert-OH is 1. The van der Waals surface area contributed by atoms with Gasteiger partial charge in [0.1, 0.15) is 12.7 Å². The van der Waals surface area contributed by atoms with Gasteiger partial charge in [-0.2, -0.15) is 0 Å². The summed E-state index contributed by atoms with van der Waals surface area (Å²) < 4.78 is 47.7. The molecule has 0 aliphatic rings. The number of hydrogen-bond acceptors (Lipinski definition) is 10. The van der Waals surface area contributed by atoms with Crippen molar-refractivity contribution in [1.82, 2.24) is 0 Å². The molecule has 0 aromatic heterocycles. The van der Waals surface area contributed by atoms with Gasteiger partial charge in [-0.3, -0.25) is 23.2 Å². The molecule has 3 atom stereocenters. The number of hydrogen-bond donors (Lipinski definition) is 4. The van der Waals surface area contributed by atoms with E-state index in [0.29, 0.717) is 19.3 Å². The summed E-state index contributed by atoms with van der Waals surface area (Å²) in [4.78, 5) is 52.6. The maximum Gasteiger partial charge on any atom is 0.472 e. The standard InChI is InChI=1S/C44H76O13P2/c1-3-5-7-9-11-13-15-17-18-19-20-21-22-24-26-28-30-32-34-36-44(47)57-42(40-56-59(51,52)55-38-41(45)37-54-58(48,49)50)39-53-43(46)35-33-31-29-27-25-23-16-14-12-10-8-6-4-2/h5,7,11,13,17-18,20-21,24,26,30,32,41-42,45H,3-4,6,8-10,12,14-16,19,22-23,25,27-29,31,33-40H2,1-2H3,(H,51,52)(H2,48,49,50). The zero-order chi connectivity index (χ0) is 43.7. The fourth-order valence-corrected chi connectivity index (χ4v) is 6.53. The van der Waals surface area contributed by atoms with Crippen molar-refractivity contribution in [2.75, 3.05) is 26.4 Å². The highest BCUT2D eigenvalue weighted by molar-refractivity contribution is 7.47. The van der Waals surface area contributed by atoms with Crippen LogP contribution < -0.4 is 0 Å². The van der Waals surface area contributed by atoms with Crippen molar-refractivity contribution in [3.8, 4) is 0 Å². The van der Waals surface area contributed by atoms with Crippen molar-refractivity contribution in [2.24, 2.45) is 0 Å². The Balaban J connectivity index is 4.66. The Labute approximate surface area is 354 Å². The molecule has 0 aromatic carbocycles. The molecule has 0 rings (SSSR count). The molecule has 0 saturated carbocycles. The van der Waals surface area contributed by atoms with Crippen molar-refractivity contribution in [3.05, 3.63) is 72.9 Å². The van der Waals surface area contributed by atoms with Crippen LogP contribution in [-0.2, 0) is 41.8 Å². The second-order valence-electron chi connectivity index (χ2n) is 14.2. The van der Waals surface area contributed by atoms with E-state index >= 15 is 0 Å². The second-order valence-corrected chi connectivity index (χ2v) is 16.9. The van der Waals surface area contributed by atoms with Gasteiger partial charge in [0.2, 0.25) is 0 Å². The van der Waals surface area contributed by atoms with Crippen LogP contribution in [0.3, 0.4) is 0 Å². The van der Waals surface area contributed by atoms with Gasteiger partial charge in [0.25, 0.3) is 0 Å². The van der Waals surface area contributed by atoms with Gasteiger partial charge in [-0.05, 0) is 51.4 Å². The number of carbonyl (C=O) groups is 2. The Hall–Kier alpha value is -2.44. The van der Waals surface area contributed by atoms with Crippen LogP contribution in [0.5, 0.6) is 0 Å². The molecule has 4 N–H and O–H groups in total. The molecule has 0 amide bonds. The van der Waals surface area contributed by atoms with E-state index in [-0.39, 0.29) is 12.8 Å². The maximum atomic E-state index is 12.6. The van der Waals surface area contributed by atoms with Crippen molar-refractivity contribution >= 4 is 27.6 Å². The summed E-state index contributed by atoms with van der Waals surface area (Å²) in [7, 11) is -9.70. The predicted octanol–water partition coefficient (Wildman–Crippen LogP) is 11.0. The van der Waals surface area contributed by atoms with Gasteiger partial charge < -0.3 is 29.3 Å². The Morgan fingerprint density at radius 1 is 0.508 bits per heavy atom. The topological polar surface area (TPSA) is 195 Å². The first-order chi connectivity index (χ1) is 28.4. The molecule has 0 aliphatic heterocycles. The monoisotopic (exact) mass is 874 g/mol. The maximum absolute atomic E-state index is 12.6. The van der Waals surface area contributed by atoms with Crippen LogP contribution in [0.4, 0.5) is 0 Å². The average Bonchev–Trinajstić information content (AvgIpc) is 3.19. The molecule has 13 nitrogen and oxygen atoms in total. The summed E-state index contributed by atoms with van der Waals surface area (Å²) in [5, 5.41) is 9.74. The van der Waals surface area contributed by atoms with E-state index < -0.39 is 66.2 Å². The lowest BCUT2D eigenvalue weighted by Gasteiger charge is -2.20. The molecule has 0 saturated heterocycles. The molecule has 15 heteroatoms. The van der Waals surface area contributed by atoms with Crippen LogP contribution in [0, 0.1) is 0 Å². The van der Waals surface area contributed by atoms with E-state index in [1.54, 1.807) is 0 Å². The molecule has 0 heterocycles. The number of unbranched alkanes of at least 4 members (excludes halogenated alkanes) is 12. The number of rotatable bonds is 40. The molecule has 0 radical (unpaired) electrons. The molecule has 0 aromatic rings. The number of allylic oxidation sites excluding steroid dienone is 12. The summed E-state index contributed by atoms with van der Waals surface area (Å²) >= 11 is 0. The van der Waals surface area contributed by atoms with Gasteiger partial charge in [-0.25, -0.2) is 9.13 Å². The quantitative estimate of drug-likeness (QED) is 0.0197. The first-order valence-corrected chi connectivity index (χ1v) is 24.7. The summed E-state index contributed by atoms with van der Waals surface area (Å²) in [5.74, 6) is -1.13. The van der Waals surface area contributed by atoms with Gasteiger partial charge in [-0.15, -0.1) is 0 Å². The van der Waals surface area contributed by atoms with E-state index in [2.05, 4.69) is 77.6 Å². The van der Waals surface area contributed by atoms with Crippen LogP contribution in [0.15, 0.2) is 72.9 Å². The number of phosphoric acid groups is 2. The SMILES string of the molecule is CCC=CCC=CCC=CCC=CCC=CCC=CCCC(=O)OC(COC(=O)CCCCCCCCCCCCCCC)COP(=O)(O)OCC(O)COP(=O)(O)O. The Morgan fingerprint density at radius 2 is 0.932 bits per heavy atom. The van der Waals surface area contributed by atoms with Gasteiger partial charge in [-0.1, -0.05) is 164 Å². The number of aliphatic hydroxyl groups is 1. The van der Waals surface area contributed by atoms with Crippen molar-refractivity contribution in [2.45, 2.75) is 167 Å². The van der Waals surface area contributed by atoms with Gasteiger partial charge in [0, 0.05) is 12.8 Å². The molecule has 0 bridgehead atoms. The Morgan fingerprint density at radius 3 is 1.41 bits per heavy atom. The normalized spacial score (nSPS) is 14.7. The molecule has 3 unspecified atom stereocenters. The van der Waals surface area contributed by atoms with Crippen LogP contribution in [0.2, 0.25) is 0 Å². The molecule has 0 aliphatic carbocycles. The summed E-state index contributed by atoms with van der Waals surface area (Å²) in [6, 6.07) is 0. The van der Waals surface area contributed by atoms with Crippen molar-refractivity contribution in [3.63, 3.8) is 0 Å². The lowest BCUT2D eigenvalue weighted by atomic mass is 10.0. The fourth-order valence-electron chi connectivity index (χ4n) is 5.37. The van der Waals surface area contributed by atoms with Crippen molar-refractivity contribution in [1.29, 1.82) is 0 Å². The minimum absolute atomic E-state index is 0.00458. The minimum atomic E-state index is -4.87. The second kappa shape index (κ2) is 39.7. The van der Waals surface area contributed by atoms with E-state index in [9.17, 15) is 28.7 Å². The lowest BCUT2D eigenvalue weighted by molar-refractivity contribution is -0.161. The van der Waals surface area contributed by atoms with Crippen LogP contribution in [-0.4, -0.2) is 70.4 Å². The Bertz CT molecular complexity index is 1320. The van der Waals surface area contributed by atoms with Crippen molar-refractivity contribution < 1.29 is 61.6 Å². The molecular weight excluding hydrogens is 798 g/mol. The van der Waals surface area contributed by atoms with Crippen LogP contribution >= 0.6 is 15.6 Å². The molecule has 0 spiro atoms. The van der Waals surface area contributed by atoms with E-state index in [1.165, 1.54) is 57.8 Å². The van der Waals surface area contributed by atoms with E-state index in [1.807, 2.05) is 18.2 Å². The van der Waals surface area contributed by atoms with E-state index in [4.69, 9.17) is 23.8 Å². The first kappa shape index (κ1) is 56.6. The van der Waals surface area contributed by atoms with E-state index in [0.717, 1.165) is 51.4 Å². The molecule has 340 valence electrons. The third-order valence-corrected chi connectivity index (χ3v) is 10.0. The number of phosphoric ester groups is 2. The summed E-state index contributed by atoms with van der Waals surface area (Å²) in [6.45, 7) is 1.56. The minimum Gasteiger partial charge on any atom is -0.462 e. The highest BCUT2D eigenvalue weighted by Crippen LogP contribution is 2.43. The highest BCUT2D eigenvalue weighted by atomic mass is 31.2. The third kappa shape index (κ3) is 43.5. The molecule has 0 fully saturated rings. The lowest BCUT2D eigenvalue weighted by Crippen LogP contribution is -2.29. The third-order valence-electron chi connectivity index (χ3n) is 8.61. The summed E-state index contributed by atoms with van der Waals surface area (Å²) in [5.41, 5.74) is 0. The first-order valence-electron chi connectivity index (χ1n) is 21.6. The Kier molecular flexibility index (Phi) is 38.0. The number of ether oxygens (including phenoxy) is 2. The number of carbonyl (C=O) groups excluding carboxylic acids is 2. The van der Waals surface area contributed by atoms with Gasteiger partial charge >= 0.3 is 27.6 Å². The van der Waals surface area contributed by atoms with Gasteiger partial charge in [0.05, 0.1) is 19.8 Å². The summed E-state index contributed by atoms with van der Waals surface area (Å²) in [6.07, 6.45) is 43.4. The van der Waals surface area contributed by atoms with Gasteiger partial charge in [0.15, 0.2) is 6.10 Å². The zero-order valence-corrected chi connectivity index (χ0v) is 37.6. The molecule has 59 heavy (non-hydrogen) atoms. The molecular formula is C44H76O13P2. The smallest absolute Gasteiger partial charge is 0.462 e. The fraction of sp³-hybridized carbons (Fsp3) is 0.682. The average molecular weight is 875 g/mol. The largest absolute Gasteiger partial charge is 0.472 e. The van der Waals surface area contributed by atoms with Crippen LogP contribution in [0.25, 0.3) is 0 Å². The highest BCUT2D eigenvalue weighted by Gasteiger charge is 2.28. The predicted molar refractivity (Wildman–Crippen MR) is 234 cm³/mol.